The third-order valence-electron chi connectivity index (χ3n) is 3.38. The van der Waals surface area contributed by atoms with E-state index >= 15 is 0 Å². The molecule has 0 saturated heterocycles. The Hall–Kier alpha value is -0.580. The summed E-state index contributed by atoms with van der Waals surface area (Å²) < 4.78 is 0.981. The van der Waals surface area contributed by atoms with Gasteiger partial charge < -0.3 is 11.1 Å². The maximum atomic E-state index is 12.0. The highest BCUT2D eigenvalue weighted by Gasteiger charge is 2.27. The minimum atomic E-state index is 0. The lowest BCUT2D eigenvalue weighted by atomic mass is 10.0. The number of nitrogens with one attached hydrogen (secondary N) is 1. The first kappa shape index (κ1) is 15.5. The van der Waals surface area contributed by atoms with Crippen molar-refractivity contribution in [2.45, 2.75) is 25.3 Å². The zero-order valence-electron chi connectivity index (χ0n) is 10.1. The predicted molar refractivity (Wildman–Crippen MR) is 79.0 cm³/mol. The molecule has 1 aliphatic carbocycles. The molecule has 0 spiro atoms. The molecule has 1 aliphatic rings. The van der Waals surface area contributed by atoms with E-state index < -0.39 is 0 Å². The highest BCUT2D eigenvalue weighted by molar-refractivity contribution is 9.10. The molecule has 1 aromatic carbocycles. The maximum absolute atomic E-state index is 12.0. The minimum absolute atomic E-state index is 0. The zero-order valence-corrected chi connectivity index (χ0v) is 12.5. The fourth-order valence-electron chi connectivity index (χ4n) is 2.36. The number of rotatable bonds is 3. The second kappa shape index (κ2) is 7.12. The number of hydrogen-bond donors (Lipinski definition) is 2. The Balaban J connectivity index is 0.00000162. The number of carbonyl (C=O) groups is 1. The molecule has 100 valence electrons. The lowest BCUT2D eigenvalue weighted by molar-refractivity contribution is 0.0929. The lowest BCUT2D eigenvalue weighted by Gasteiger charge is -2.19. The average Bonchev–Trinajstić information content (AvgIpc) is 2.77. The summed E-state index contributed by atoms with van der Waals surface area (Å²) in [5.41, 5.74) is 6.41. The second-order valence-corrected chi connectivity index (χ2v) is 5.43. The molecule has 0 aliphatic heterocycles. The molecule has 1 amide bonds. The van der Waals surface area contributed by atoms with Gasteiger partial charge in [0.25, 0.3) is 5.91 Å². The van der Waals surface area contributed by atoms with Crippen LogP contribution in [0.25, 0.3) is 0 Å². The maximum Gasteiger partial charge on any atom is 0.251 e. The summed E-state index contributed by atoms with van der Waals surface area (Å²) in [6, 6.07) is 7.65. The van der Waals surface area contributed by atoms with Crippen molar-refractivity contribution < 1.29 is 4.79 Å². The molecule has 5 heteroatoms. The Morgan fingerprint density at radius 3 is 2.61 bits per heavy atom. The van der Waals surface area contributed by atoms with Crippen LogP contribution in [0.15, 0.2) is 28.7 Å². The van der Waals surface area contributed by atoms with Crippen molar-refractivity contribution in [1.29, 1.82) is 0 Å². The lowest BCUT2D eigenvalue weighted by Crippen LogP contribution is -2.39. The van der Waals surface area contributed by atoms with Gasteiger partial charge in [0.2, 0.25) is 0 Å². The summed E-state index contributed by atoms with van der Waals surface area (Å²) in [6.07, 6.45) is 3.33. The molecule has 3 N–H and O–H groups in total. The quantitative estimate of drug-likeness (QED) is 0.893. The van der Waals surface area contributed by atoms with Crippen molar-refractivity contribution in [3.05, 3.63) is 34.3 Å². The first-order valence-corrected chi connectivity index (χ1v) is 6.76. The molecule has 1 fully saturated rings. The normalized spacial score (nSPS) is 22.3. The van der Waals surface area contributed by atoms with Crippen molar-refractivity contribution in [2.24, 2.45) is 11.7 Å². The van der Waals surface area contributed by atoms with Gasteiger partial charge in [0, 0.05) is 16.1 Å². The highest BCUT2D eigenvalue weighted by Crippen LogP contribution is 2.24. The van der Waals surface area contributed by atoms with Gasteiger partial charge in [-0.3, -0.25) is 4.79 Å². The van der Waals surface area contributed by atoms with Gasteiger partial charge in [-0.05, 0) is 49.6 Å². The van der Waals surface area contributed by atoms with Gasteiger partial charge in [0.15, 0.2) is 0 Å². The van der Waals surface area contributed by atoms with Crippen molar-refractivity contribution in [3.63, 3.8) is 0 Å². The van der Waals surface area contributed by atoms with Crippen LogP contribution in [0.2, 0.25) is 0 Å². The van der Waals surface area contributed by atoms with E-state index in [9.17, 15) is 4.79 Å². The molecule has 0 bridgehead atoms. The van der Waals surface area contributed by atoms with Gasteiger partial charge in [-0.25, -0.2) is 0 Å². The van der Waals surface area contributed by atoms with Gasteiger partial charge in [0.1, 0.15) is 0 Å². The Morgan fingerprint density at radius 2 is 2.00 bits per heavy atom. The van der Waals surface area contributed by atoms with Gasteiger partial charge in [-0.1, -0.05) is 22.4 Å². The summed E-state index contributed by atoms with van der Waals surface area (Å²) in [5.74, 6) is 0.442. The Morgan fingerprint density at radius 1 is 1.33 bits per heavy atom. The fourth-order valence-corrected chi connectivity index (χ4v) is 2.63. The zero-order chi connectivity index (χ0) is 12.3. The van der Waals surface area contributed by atoms with Crippen LogP contribution >= 0.6 is 28.3 Å². The molecule has 18 heavy (non-hydrogen) atoms. The molecule has 2 rings (SSSR count). The summed E-state index contributed by atoms with van der Waals surface area (Å²) in [6.45, 7) is 0.658. The van der Waals surface area contributed by atoms with Crippen molar-refractivity contribution in [3.8, 4) is 0 Å². The molecular formula is C13H18BrClN2O. The number of benzene rings is 1. The van der Waals surface area contributed by atoms with E-state index in [0.29, 0.717) is 18.0 Å². The topological polar surface area (TPSA) is 55.1 Å². The average molecular weight is 334 g/mol. The van der Waals surface area contributed by atoms with Gasteiger partial charge in [0.05, 0.1) is 0 Å². The molecule has 1 aromatic rings. The third kappa shape index (κ3) is 3.70. The Labute approximate surface area is 122 Å². The van der Waals surface area contributed by atoms with Crippen LogP contribution in [0.3, 0.4) is 0 Å². The first-order valence-electron chi connectivity index (χ1n) is 5.97. The fraction of sp³-hybridized carbons (Fsp3) is 0.462. The van der Waals surface area contributed by atoms with Crippen LogP contribution in [0.4, 0.5) is 0 Å². The van der Waals surface area contributed by atoms with Crippen molar-refractivity contribution in [2.75, 3.05) is 6.54 Å². The smallest absolute Gasteiger partial charge is 0.251 e. The van der Waals surface area contributed by atoms with E-state index in [2.05, 4.69) is 21.2 Å². The van der Waals surface area contributed by atoms with Crippen LogP contribution in [0.5, 0.6) is 0 Å². The van der Waals surface area contributed by atoms with E-state index in [1.54, 1.807) is 0 Å². The number of nitrogens with two attached hydrogens (primary N) is 1. The molecule has 0 aromatic heterocycles. The molecule has 2 unspecified atom stereocenters. The first-order chi connectivity index (χ1) is 8.20. The summed E-state index contributed by atoms with van der Waals surface area (Å²) in [4.78, 5) is 12.0. The molecular weight excluding hydrogens is 316 g/mol. The SMILES string of the molecule is Cl.NCC1CCCC1NC(=O)c1ccc(Br)cc1. The van der Waals surface area contributed by atoms with Crippen LogP contribution < -0.4 is 11.1 Å². The van der Waals surface area contributed by atoms with Crippen LogP contribution in [-0.2, 0) is 0 Å². The second-order valence-electron chi connectivity index (χ2n) is 4.51. The van der Waals surface area contributed by atoms with Crippen molar-refractivity contribution >= 4 is 34.2 Å². The van der Waals surface area contributed by atoms with Crippen LogP contribution in [0.1, 0.15) is 29.6 Å². The number of carbonyl (C=O) groups excluding carboxylic acids is 1. The van der Waals surface area contributed by atoms with E-state index in [1.165, 1.54) is 0 Å². The van der Waals surface area contributed by atoms with E-state index in [1.807, 2.05) is 24.3 Å². The molecule has 1 saturated carbocycles. The predicted octanol–water partition coefficient (Wildman–Crippen LogP) is 2.73. The van der Waals surface area contributed by atoms with Gasteiger partial charge >= 0.3 is 0 Å². The standard InChI is InChI=1S/C13H17BrN2O.ClH/c14-11-6-4-9(5-7-11)13(17)16-12-3-1-2-10(12)8-15;/h4-7,10,12H,1-3,8,15H2,(H,16,17);1H. The largest absolute Gasteiger partial charge is 0.349 e. The van der Waals surface area contributed by atoms with E-state index in [0.717, 1.165) is 23.7 Å². The van der Waals surface area contributed by atoms with E-state index in [-0.39, 0.29) is 24.4 Å². The monoisotopic (exact) mass is 332 g/mol. The summed E-state index contributed by atoms with van der Waals surface area (Å²) >= 11 is 3.36. The summed E-state index contributed by atoms with van der Waals surface area (Å²) in [5, 5.41) is 3.08. The van der Waals surface area contributed by atoms with Gasteiger partial charge in [-0.2, -0.15) is 0 Å². The number of amides is 1. The van der Waals surface area contributed by atoms with Crippen LogP contribution in [0, 0.1) is 5.92 Å². The number of halogens is 2. The Bertz CT molecular complexity index is 396. The molecule has 0 radical (unpaired) electrons. The highest BCUT2D eigenvalue weighted by atomic mass is 79.9. The Kier molecular flexibility index (Phi) is 6.12. The minimum Gasteiger partial charge on any atom is -0.349 e. The summed E-state index contributed by atoms with van der Waals surface area (Å²) in [7, 11) is 0. The van der Waals surface area contributed by atoms with E-state index in [4.69, 9.17) is 5.73 Å². The molecule has 0 heterocycles. The number of hydrogen-bond acceptors (Lipinski definition) is 2. The van der Waals surface area contributed by atoms with Crippen molar-refractivity contribution in [1.82, 2.24) is 5.32 Å². The molecule has 2 atom stereocenters. The van der Waals surface area contributed by atoms with Crippen LogP contribution in [-0.4, -0.2) is 18.5 Å². The molecule has 3 nitrogen and oxygen atoms in total. The third-order valence-corrected chi connectivity index (χ3v) is 3.91. The van der Waals surface area contributed by atoms with Gasteiger partial charge in [-0.15, -0.1) is 12.4 Å².